The fraction of sp³-hybridized carbons (Fsp3) is 0.200. The van der Waals surface area contributed by atoms with Crippen LogP contribution in [0.5, 0.6) is 17.2 Å². The van der Waals surface area contributed by atoms with E-state index in [2.05, 4.69) is 4.72 Å². The maximum atomic E-state index is 12.2. The number of rotatable bonds is 6. The minimum absolute atomic E-state index is 0.108. The Labute approximate surface area is 128 Å². The van der Waals surface area contributed by atoms with Crippen LogP contribution in [-0.4, -0.2) is 28.4 Å². The van der Waals surface area contributed by atoms with Gasteiger partial charge in [0.1, 0.15) is 12.4 Å². The number of benzene rings is 2. The Balaban J connectivity index is 1.57. The van der Waals surface area contributed by atoms with Crippen molar-refractivity contribution in [2.45, 2.75) is 4.90 Å². The smallest absolute Gasteiger partial charge is 0.240 e. The van der Waals surface area contributed by atoms with E-state index in [-0.39, 0.29) is 24.8 Å². The number of hydrogen-bond acceptors (Lipinski definition) is 5. The third-order valence-electron chi connectivity index (χ3n) is 3.06. The lowest BCUT2D eigenvalue weighted by atomic mass is 10.3. The molecule has 2 aromatic rings. The molecule has 3 rings (SSSR count). The van der Waals surface area contributed by atoms with Gasteiger partial charge in [-0.05, 0) is 24.3 Å². The largest absolute Gasteiger partial charge is 0.492 e. The normalized spacial score (nSPS) is 13.1. The van der Waals surface area contributed by atoms with Gasteiger partial charge in [-0.3, -0.25) is 0 Å². The van der Waals surface area contributed by atoms with E-state index in [1.54, 1.807) is 6.07 Å². The van der Waals surface area contributed by atoms with Crippen LogP contribution in [0.15, 0.2) is 53.4 Å². The van der Waals surface area contributed by atoms with Crippen molar-refractivity contribution in [3.05, 3.63) is 48.5 Å². The molecule has 1 N–H and O–H groups in total. The van der Waals surface area contributed by atoms with Gasteiger partial charge in [-0.2, -0.15) is 0 Å². The average molecular weight is 321 g/mol. The summed E-state index contributed by atoms with van der Waals surface area (Å²) in [6, 6.07) is 13.7. The minimum Gasteiger partial charge on any atom is -0.492 e. The van der Waals surface area contributed by atoms with E-state index in [1.807, 2.05) is 30.3 Å². The van der Waals surface area contributed by atoms with E-state index in [9.17, 15) is 8.42 Å². The summed E-state index contributed by atoms with van der Waals surface area (Å²) in [5.74, 6) is 1.68. The summed E-state index contributed by atoms with van der Waals surface area (Å²) in [5, 5.41) is 0. The number of fused-ring (bicyclic) bond motifs is 1. The molecule has 0 saturated heterocycles. The number of ether oxygens (including phenoxy) is 3. The van der Waals surface area contributed by atoms with Crippen LogP contribution in [0.1, 0.15) is 0 Å². The third kappa shape index (κ3) is 3.32. The molecule has 2 aromatic carbocycles. The molecule has 116 valence electrons. The average Bonchev–Trinajstić information content (AvgIpc) is 3.00. The fourth-order valence-electron chi connectivity index (χ4n) is 1.99. The predicted molar refractivity (Wildman–Crippen MR) is 79.7 cm³/mol. The summed E-state index contributed by atoms with van der Waals surface area (Å²) in [6.07, 6.45) is 0. The second-order valence-electron chi connectivity index (χ2n) is 4.57. The molecule has 1 aliphatic rings. The second-order valence-corrected chi connectivity index (χ2v) is 6.34. The van der Waals surface area contributed by atoms with Gasteiger partial charge in [-0.25, -0.2) is 13.1 Å². The molecule has 22 heavy (non-hydrogen) atoms. The highest BCUT2D eigenvalue weighted by Gasteiger charge is 2.19. The molecule has 0 saturated carbocycles. The number of sulfonamides is 1. The lowest BCUT2D eigenvalue weighted by molar-refractivity contribution is 0.174. The summed E-state index contributed by atoms with van der Waals surface area (Å²) < 4.78 is 42.6. The highest BCUT2D eigenvalue weighted by molar-refractivity contribution is 7.89. The molecular formula is C15H15NO5S. The van der Waals surface area contributed by atoms with Crippen LogP contribution in [0.3, 0.4) is 0 Å². The minimum atomic E-state index is -3.60. The highest BCUT2D eigenvalue weighted by Crippen LogP contribution is 2.33. The van der Waals surface area contributed by atoms with E-state index < -0.39 is 10.0 Å². The van der Waals surface area contributed by atoms with Crippen molar-refractivity contribution in [1.29, 1.82) is 0 Å². The maximum Gasteiger partial charge on any atom is 0.240 e. The van der Waals surface area contributed by atoms with E-state index in [0.29, 0.717) is 17.2 Å². The lowest BCUT2D eigenvalue weighted by Gasteiger charge is -2.09. The second kappa shape index (κ2) is 6.25. The molecule has 0 amide bonds. The van der Waals surface area contributed by atoms with Gasteiger partial charge in [0.2, 0.25) is 16.8 Å². The van der Waals surface area contributed by atoms with Gasteiger partial charge in [-0.15, -0.1) is 0 Å². The Bertz CT molecular complexity index is 746. The molecule has 0 unspecified atom stereocenters. The number of nitrogens with one attached hydrogen (secondary N) is 1. The quantitative estimate of drug-likeness (QED) is 0.821. The topological polar surface area (TPSA) is 73.9 Å². The van der Waals surface area contributed by atoms with Crippen LogP contribution in [-0.2, 0) is 10.0 Å². The first-order valence-electron chi connectivity index (χ1n) is 6.72. The van der Waals surface area contributed by atoms with Crippen molar-refractivity contribution in [3.8, 4) is 17.2 Å². The van der Waals surface area contributed by atoms with Crippen LogP contribution in [0.4, 0.5) is 0 Å². The molecule has 1 aliphatic heterocycles. The Morgan fingerprint density at radius 3 is 2.64 bits per heavy atom. The van der Waals surface area contributed by atoms with Gasteiger partial charge >= 0.3 is 0 Å². The third-order valence-corrected chi connectivity index (χ3v) is 4.52. The van der Waals surface area contributed by atoms with Gasteiger partial charge in [-0.1, -0.05) is 18.2 Å². The molecule has 0 atom stereocenters. The molecule has 6 nitrogen and oxygen atoms in total. The number of hydrogen-bond donors (Lipinski definition) is 1. The zero-order valence-electron chi connectivity index (χ0n) is 11.7. The molecule has 0 spiro atoms. The van der Waals surface area contributed by atoms with E-state index in [4.69, 9.17) is 14.2 Å². The van der Waals surface area contributed by atoms with E-state index in [0.717, 1.165) is 0 Å². The molecule has 1 heterocycles. The van der Waals surface area contributed by atoms with Crippen molar-refractivity contribution >= 4 is 10.0 Å². The van der Waals surface area contributed by atoms with Gasteiger partial charge in [0.15, 0.2) is 11.5 Å². The zero-order valence-corrected chi connectivity index (χ0v) is 12.5. The molecule has 0 radical (unpaired) electrons. The van der Waals surface area contributed by atoms with Crippen molar-refractivity contribution in [2.75, 3.05) is 19.9 Å². The number of para-hydroxylation sites is 1. The first kappa shape index (κ1) is 14.7. The van der Waals surface area contributed by atoms with Gasteiger partial charge in [0.05, 0.1) is 4.90 Å². The first-order chi connectivity index (χ1) is 10.6. The Hall–Kier alpha value is -2.25. The first-order valence-corrected chi connectivity index (χ1v) is 8.21. The lowest BCUT2D eigenvalue weighted by Crippen LogP contribution is -2.28. The molecule has 0 fully saturated rings. The highest BCUT2D eigenvalue weighted by atomic mass is 32.2. The Morgan fingerprint density at radius 1 is 1.05 bits per heavy atom. The molecule has 7 heteroatoms. The summed E-state index contributed by atoms with van der Waals surface area (Å²) in [6.45, 7) is 0.524. The fourth-order valence-corrected chi connectivity index (χ4v) is 3.02. The van der Waals surface area contributed by atoms with Gasteiger partial charge < -0.3 is 14.2 Å². The Kier molecular flexibility index (Phi) is 4.17. The summed E-state index contributed by atoms with van der Waals surface area (Å²) in [7, 11) is -3.60. The zero-order chi connectivity index (χ0) is 15.4. The van der Waals surface area contributed by atoms with Gasteiger partial charge in [0.25, 0.3) is 0 Å². The van der Waals surface area contributed by atoms with Crippen molar-refractivity contribution < 1.29 is 22.6 Å². The SMILES string of the molecule is O=S(=O)(NCCOc1ccccc1)c1ccc2c(c1)OCO2. The standard InChI is InChI=1S/C15H15NO5S/c17-22(18,13-6-7-14-15(10-13)21-11-20-14)16-8-9-19-12-4-2-1-3-5-12/h1-7,10,16H,8-9,11H2. The monoisotopic (exact) mass is 321 g/mol. The van der Waals surface area contributed by atoms with Crippen LogP contribution in [0.25, 0.3) is 0 Å². The predicted octanol–water partition coefficient (Wildman–Crippen LogP) is 1.77. The van der Waals surface area contributed by atoms with E-state index in [1.165, 1.54) is 12.1 Å². The molecule has 0 aromatic heterocycles. The van der Waals surface area contributed by atoms with E-state index >= 15 is 0 Å². The van der Waals surface area contributed by atoms with Gasteiger partial charge in [0, 0.05) is 12.6 Å². The molecule has 0 aliphatic carbocycles. The molecule has 0 bridgehead atoms. The molecular weight excluding hydrogens is 306 g/mol. The summed E-state index contributed by atoms with van der Waals surface area (Å²) in [4.78, 5) is 0.136. The summed E-state index contributed by atoms with van der Waals surface area (Å²) in [5.41, 5.74) is 0. The summed E-state index contributed by atoms with van der Waals surface area (Å²) >= 11 is 0. The van der Waals surface area contributed by atoms with Crippen LogP contribution < -0.4 is 18.9 Å². The Morgan fingerprint density at radius 2 is 1.82 bits per heavy atom. The van der Waals surface area contributed by atoms with Crippen molar-refractivity contribution in [3.63, 3.8) is 0 Å². The van der Waals surface area contributed by atoms with Crippen LogP contribution in [0, 0.1) is 0 Å². The van der Waals surface area contributed by atoms with Crippen LogP contribution in [0.2, 0.25) is 0 Å². The van der Waals surface area contributed by atoms with Crippen molar-refractivity contribution in [2.24, 2.45) is 0 Å². The van der Waals surface area contributed by atoms with Crippen LogP contribution >= 0.6 is 0 Å². The van der Waals surface area contributed by atoms with Crippen molar-refractivity contribution in [1.82, 2.24) is 4.72 Å². The maximum absolute atomic E-state index is 12.2.